The number of amides is 1. The molecule has 5 heteroatoms. The summed E-state index contributed by atoms with van der Waals surface area (Å²) in [6.07, 6.45) is 2.14. The van der Waals surface area contributed by atoms with E-state index in [-0.39, 0.29) is 11.1 Å². The molecule has 1 aliphatic rings. The number of benzene rings is 1. The summed E-state index contributed by atoms with van der Waals surface area (Å²) in [5.74, 6) is -1.55. The van der Waals surface area contributed by atoms with E-state index in [2.05, 4.69) is 10.6 Å². The minimum Gasteiger partial charge on any atom is -0.352 e. The highest BCUT2D eigenvalue weighted by Crippen LogP contribution is 2.14. The Bertz CT molecular complexity index is 471. The number of rotatable bonds is 3. The molecule has 2 N–H and O–H groups in total. The van der Waals surface area contributed by atoms with Gasteiger partial charge in [0.25, 0.3) is 5.91 Å². The molecular formula is C14H18F2N2O. The van der Waals surface area contributed by atoms with E-state index in [0.717, 1.165) is 32.0 Å². The molecule has 1 amide bonds. The number of aryl methyl sites for hydroxylation is 1. The zero-order valence-corrected chi connectivity index (χ0v) is 10.9. The molecule has 0 bridgehead atoms. The predicted molar refractivity (Wildman–Crippen MR) is 69.0 cm³/mol. The monoisotopic (exact) mass is 268 g/mol. The van der Waals surface area contributed by atoms with Gasteiger partial charge in [0.1, 0.15) is 11.6 Å². The molecule has 0 aliphatic carbocycles. The zero-order chi connectivity index (χ0) is 13.8. The van der Waals surface area contributed by atoms with E-state index < -0.39 is 17.5 Å². The van der Waals surface area contributed by atoms with Crippen LogP contribution >= 0.6 is 0 Å². The topological polar surface area (TPSA) is 41.1 Å². The molecular weight excluding hydrogens is 250 g/mol. The number of hydrogen-bond donors (Lipinski definition) is 2. The number of halogens is 2. The van der Waals surface area contributed by atoms with Gasteiger partial charge in [-0.15, -0.1) is 0 Å². The third-order valence-corrected chi connectivity index (χ3v) is 3.44. The molecule has 1 saturated heterocycles. The highest BCUT2D eigenvalue weighted by molar-refractivity contribution is 5.94. The van der Waals surface area contributed by atoms with Crippen molar-refractivity contribution in [2.24, 2.45) is 5.92 Å². The van der Waals surface area contributed by atoms with Gasteiger partial charge in [-0.3, -0.25) is 4.79 Å². The summed E-state index contributed by atoms with van der Waals surface area (Å²) in [6, 6.07) is 2.01. The molecule has 1 aliphatic heterocycles. The fourth-order valence-corrected chi connectivity index (χ4v) is 2.26. The Labute approximate surface area is 111 Å². The Morgan fingerprint density at radius 3 is 2.89 bits per heavy atom. The maximum atomic E-state index is 13.5. The maximum Gasteiger partial charge on any atom is 0.254 e. The van der Waals surface area contributed by atoms with Gasteiger partial charge in [-0.25, -0.2) is 8.78 Å². The van der Waals surface area contributed by atoms with Crippen molar-refractivity contribution >= 4 is 5.91 Å². The van der Waals surface area contributed by atoms with E-state index in [1.165, 1.54) is 13.0 Å². The minimum absolute atomic E-state index is 0.0948. The second kappa shape index (κ2) is 6.10. The summed E-state index contributed by atoms with van der Waals surface area (Å²) >= 11 is 0. The van der Waals surface area contributed by atoms with Crippen molar-refractivity contribution in [3.05, 3.63) is 34.9 Å². The van der Waals surface area contributed by atoms with Gasteiger partial charge < -0.3 is 10.6 Å². The fraction of sp³-hybridized carbons (Fsp3) is 0.500. The van der Waals surface area contributed by atoms with Crippen LogP contribution in [0.25, 0.3) is 0 Å². The van der Waals surface area contributed by atoms with Gasteiger partial charge in [-0.05, 0) is 50.4 Å². The van der Waals surface area contributed by atoms with E-state index in [1.54, 1.807) is 0 Å². The molecule has 1 heterocycles. The molecule has 1 fully saturated rings. The first kappa shape index (κ1) is 13.9. The van der Waals surface area contributed by atoms with E-state index in [1.807, 2.05) is 0 Å². The van der Waals surface area contributed by atoms with E-state index in [4.69, 9.17) is 0 Å². The molecule has 0 radical (unpaired) electrons. The van der Waals surface area contributed by atoms with Gasteiger partial charge in [0.2, 0.25) is 0 Å². The number of carbonyl (C=O) groups is 1. The van der Waals surface area contributed by atoms with E-state index in [0.29, 0.717) is 12.5 Å². The molecule has 104 valence electrons. The van der Waals surface area contributed by atoms with Crippen LogP contribution < -0.4 is 10.6 Å². The number of nitrogens with one attached hydrogen (secondary N) is 2. The van der Waals surface area contributed by atoms with Gasteiger partial charge in [-0.1, -0.05) is 0 Å². The van der Waals surface area contributed by atoms with Crippen molar-refractivity contribution in [1.29, 1.82) is 0 Å². The lowest BCUT2D eigenvalue weighted by molar-refractivity contribution is 0.0940. The largest absolute Gasteiger partial charge is 0.352 e. The summed E-state index contributed by atoms with van der Waals surface area (Å²) in [5, 5.41) is 5.97. The van der Waals surface area contributed by atoms with Gasteiger partial charge in [0.05, 0.1) is 5.56 Å². The minimum atomic E-state index is -0.817. The highest BCUT2D eigenvalue weighted by atomic mass is 19.1. The van der Waals surface area contributed by atoms with Crippen molar-refractivity contribution in [2.75, 3.05) is 19.6 Å². The Hall–Kier alpha value is -1.49. The Balaban J connectivity index is 1.97. The Kier molecular flexibility index (Phi) is 4.47. The summed E-state index contributed by atoms with van der Waals surface area (Å²) in [4.78, 5) is 11.9. The van der Waals surface area contributed by atoms with Crippen LogP contribution in [0.2, 0.25) is 0 Å². The molecule has 1 atom stereocenters. The fourth-order valence-electron chi connectivity index (χ4n) is 2.26. The normalized spacial score (nSPS) is 19.2. The summed E-state index contributed by atoms with van der Waals surface area (Å²) in [6.45, 7) is 3.90. The second-order valence-electron chi connectivity index (χ2n) is 5.00. The van der Waals surface area contributed by atoms with E-state index in [9.17, 15) is 13.6 Å². The highest BCUT2D eigenvalue weighted by Gasteiger charge is 2.17. The number of piperidine rings is 1. The molecule has 1 aromatic carbocycles. The smallest absolute Gasteiger partial charge is 0.254 e. The second-order valence-corrected chi connectivity index (χ2v) is 5.00. The van der Waals surface area contributed by atoms with E-state index >= 15 is 0 Å². The van der Waals surface area contributed by atoms with Gasteiger partial charge in [0, 0.05) is 12.6 Å². The maximum absolute atomic E-state index is 13.5. The molecule has 19 heavy (non-hydrogen) atoms. The van der Waals surface area contributed by atoms with Crippen LogP contribution in [0.4, 0.5) is 8.78 Å². The number of carbonyl (C=O) groups excluding carboxylic acids is 1. The van der Waals surface area contributed by atoms with Crippen LogP contribution in [-0.2, 0) is 0 Å². The third kappa shape index (κ3) is 3.50. The average molecular weight is 268 g/mol. The van der Waals surface area contributed by atoms with Crippen LogP contribution in [0.5, 0.6) is 0 Å². The summed E-state index contributed by atoms with van der Waals surface area (Å²) < 4.78 is 26.7. The lowest BCUT2D eigenvalue weighted by Gasteiger charge is -2.22. The standard InChI is InChI=1S/C14H18F2N2O/c1-9-5-11(13(16)6-12(9)15)14(19)18-8-10-3-2-4-17-7-10/h5-6,10,17H,2-4,7-8H2,1H3,(H,18,19)/t10-/m1/s1. The van der Waals surface area contributed by atoms with Crippen molar-refractivity contribution in [1.82, 2.24) is 10.6 Å². The van der Waals surface area contributed by atoms with Crippen LogP contribution in [0.3, 0.4) is 0 Å². The van der Waals surface area contributed by atoms with Gasteiger partial charge in [0.15, 0.2) is 0 Å². The molecule has 2 rings (SSSR count). The van der Waals surface area contributed by atoms with Crippen LogP contribution in [0.1, 0.15) is 28.8 Å². The molecule has 1 aromatic rings. The van der Waals surface area contributed by atoms with Gasteiger partial charge >= 0.3 is 0 Å². The SMILES string of the molecule is Cc1cc(C(=O)NC[C@@H]2CCCNC2)c(F)cc1F. The van der Waals surface area contributed by atoms with Crippen LogP contribution in [-0.4, -0.2) is 25.5 Å². The summed E-state index contributed by atoms with van der Waals surface area (Å²) in [7, 11) is 0. The average Bonchev–Trinajstić information content (AvgIpc) is 2.41. The molecule has 0 spiro atoms. The van der Waals surface area contributed by atoms with Gasteiger partial charge in [-0.2, -0.15) is 0 Å². The molecule has 0 unspecified atom stereocenters. The lowest BCUT2D eigenvalue weighted by Crippen LogP contribution is -2.38. The first-order chi connectivity index (χ1) is 9.08. The quantitative estimate of drug-likeness (QED) is 0.880. The molecule has 3 nitrogen and oxygen atoms in total. The first-order valence-corrected chi connectivity index (χ1v) is 6.52. The zero-order valence-electron chi connectivity index (χ0n) is 10.9. The number of hydrogen-bond acceptors (Lipinski definition) is 2. The Morgan fingerprint density at radius 1 is 1.42 bits per heavy atom. The van der Waals surface area contributed by atoms with Crippen molar-refractivity contribution in [3.8, 4) is 0 Å². The Morgan fingerprint density at radius 2 is 2.21 bits per heavy atom. The predicted octanol–water partition coefficient (Wildman–Crippen LogP) is 2.00. The molecule has 0 saturated carbocycles. The van der Waals surface area contributed by atoms with Crippen molar-refractivity contribution in [3.63, 3.8) is 0 Å². The molecule has 0 aromatic heterocycles. The van der Waals surface area contributed by atoms with Crippen LogP contribution in [0, 0.1) is 24.5 Å². The summed E-state index contributed by atoms with van der Waals surface area (Å²) in [5.41, 5.74) is 0.175. The first-order valence-electron chi connectivity index (χ1n) is 6.52. The van der Waals surface area contributed by atoms with Crippen LogP contribution in [0.15, 0.2) is 12.1 Å². The third-order valence-electron chi connectivity index (χ3n) is 3.44. The lowest BCUT2D eigenvalue weighted by atomic mass is 9.99. The van der Waals surface area contributed by atoms with Crippen molar-refractivity contribution in [2.45, 2.75) is 19.8 Å². The van der Waals surface area contributed by atoms with Crippen molar-refractivity contribution < 1.29 is 13.6 Å².